The van der Waals surface area contributed by atoms with Crippen LogP contribution in [0, 0.1) is 0 Å². The van der Waals surface area contributed by atoms with Crippen LogP contribution in [-0.2, 0) is 6.54 Å². The summed E-state index contributed by atoms with van der Waals surface area (Å²) in [5.74, 6) is 0. The highest BCUT2D eigenvalue weighted by atomic mass is 15.3. The van der Waals surface area contributed by atoms with Crippen LogP contribution in [0.2, 0.25) is 0 Å². The quantitative estimate of drug-likeness (QED) is 0.764. The Labute approximate surface area is 88.5 Å². The molecule has 0 saturated heterocycles. The van der Waals surface area contributed by atoms with Gasteiger partial charge in [-0.25, -0.2) is 0 Å². The van der Waals surface area contributed by atoms with Gasteiger partial charge in [0.2, 0.25) is 0 Å². The summed E-state index contributed by atoms with van der Waals surface area (Å²) >= 11 is 0. The van der Waals surface area contributed by atoms with E-state index >= 15 is 0 Å². The van der Waals surface area contributed by atoms with E-state index in [4.69, 9.17) is 0 Å². The van der Waals surface area contributed by atoms with Crippen molar-refractivity contribution in [3.63, 3.8) is 0 Å². The van der Waals surface area contributed by atoms with Crippen molar-refractivity contribution in [1.29, 1.82) is 0 Å². The monoisotopic (exact) mass is 205 g/mol. The molecule has 0 aliphatic heterocycles. The van der Waals surface area contributed by atoms with E-state index in [0.717, 1.165) is 18.8 Å². The first-order valence-corrected chi connectivity index (χ1v) is 5.06. The predicted molar refractivity (Wildman–Crippen MR) is 57.2 cm³/mol. The molecule has 0 spiro atoms. The van der Waals surface area contributed by atoms with Crippen LogP contribution in [0.3, 0.4) is 0 Å². The van der Waals surface area contributed by atoms with E-state index in [0.29, 0.717) is 6.04 Å². The highest BCUT2D eigenvalue weighted by Crippen LogP contribution is 2.06. The normalized spacial score (nSPS) is 12.9. The summed E-state index contributed by atoms with van der Waals surface area (Å²) in [7, 11) is 0. The lowest BCUT2D eigenvalue weighted by Gasteiger charge is -2.11. The Morgan fingerprint density at radius 1 is 1.53 bits per heavy atom. The number of aromatic nitrogens is 4. The summed E-state index contributed by atoms with van der Waals surface area (Å²) in [5, 5.41) is 14.4. The van der Waals surface area contributed by atoms with Gasteiger partial charge in [0.15, 0.2) is 0 Å². The summed E-state index contributed by atoms with van der Waals surface area (Å²) in [6.45, 7) is 3.88. The minimum absolute atomic E-state index is 0.295. The summed E-state index contributed by atoms with van der Waals surface area (Å²) in [6, 6.07) is 4.20. The van der Waals surface area contributed by atoms with Gasteiger partial charge in [0.1, 0.15) is 0 Å². The molecule has 0 fully saturated rings. The van der Waals surface area contributed by atoms with Crippen LogP contribution < -0.4 is 5.32 Å². The summed E-state index contributed by atoms with van der Waals surface area (Å²) in [5.41, 5.74) is 1.11. The minimum atomic E-state index is 0.295. The van der Waals surface area contributed by atoms with Crippen molar-refractivity contribution in [2.45, 2.75) is 19.5 Å². The molecule has 80 valence electrons. The molecule has 0 bridgehead atoms. The smallest absolute Gasteiger partial charge is 0.0534 e. The van der Waals surface area contributed by atoms with Crippen molar-refractivity contribution in [3.8, 4) is 0 Å². The molecule has 1 unspecified atom stereocenters. The molecule has 0 aromatic carbocycles. The van der Waals surface area contributed by atoms with E-state index in [-0.39, 0.29) is 0 Å². The van der Waals surface area contributed by atoms with Crippen LogP contribution in [0.5, 0.6) is 0 Å². The number of H-pyrrole nitrogens is 1. The maximum Gasteiger partial charge on any atom is 0.0534 e. The van der Waals surface area contributed by atoms with Gasteiger partial charge < -0.3 is 5.32 Å². The summed E-state index contributed by atoms with van der Waals surface area (Å²) in [4.78, 5) is 0. The SMILES string of the molecule is CC(NCCn1cccn1)c1ccn[nH]1. The summed E-state index contributed by atoms with van der Waals surface area (Å²) < 4.78 is 1.91. The molecular formula is C10H15N5. The highest BCUT2D eigenvalue weighted by Gasteiger charge is 2.04. The van der Waals surface area contributed by atoms with Gasteiger partial charge in [-0.15, -0.1) is 0 Å². The zero-order valence-corrected chi connectivity index (χ0v) is 8.72. The molecule has 2 aromatic heterocycles. The fraction of sp³-hybridized carbons (Fsp3) is 0.400. The third-order valence-corrected chi connectivity index (χ3v) is 2.34. The first-order chi connectivity index (χ1) is 7.36. The molecule has 2 rings (SSSR count). The molecule has 1 atom stereocenters. The lowest BCUT2D eigenvalue weighted by Crippen LogP contribution is -2.23. The van der Waals surface area contributed by atoms with Crippen molar-refractivity contribution < 1.29 is 0 Å². The van der Waals surface area contributed by atoms with Gasteiger partial charge >= 0.3 is 0 Å². The Kier molecular flexibility index (Phi) is 3.14. The molecule has 0 aliphatic rings. The average molecular weight is 205 g/mol. The number of hydrogen-bond donors (Lipinski definition) is 2. The van der Waals surface area contributed by atoms with Crippen molar-refractivity contribution in [1.82, 2.24) is 25.3 Å². The first kappa shape index (κ1) is 9.92. The largest absolute Gasteiger partial charge is 0.307 e. The molecule has 15 heavy (non-hydrogen) atoms. The zero-order valence-electron chi connectivity index (χ0n) is 8.72. The Bertz CT molecular complexity index is 364. The van der Waals surface area contributed by atoms with Gasteiger partial charge in [-0.1, -0.05) is 0 Å². The zero-order chi connectivity index (χ0) is 10.5. The number of rotatable bonds is 5. The van der Waals surface area contributed by atoms with Crippen molar-refractivity contribution in [2.24, 2.45) is 0 Å². The van der Waals surface area contributed by atoms with E-state index in [1.165, 1.54) is 0 Å². The third-order valence-electron chi connectivity index (χ3n) is 2.34. The van der Waals surface area contributed by atoms with Gasteiger partial charge in [-0.3, -0.25) is 9.78 Å². The number of hydrogen-bond acceptors (Lipinski definition) is 3. The van der Waals surface area contributed by atoms with Crippen LogP contribution in [0.4, 0.5) is 0 Å². The molecule has 5 heteroatoms. The van der Waals surface area contributed by atoms with Crippen molar-refractivity contribution in [2.75, 3.05) is 6.54 Å². The third kappa shape index (κ3) is 2.66. The second-order valence-electron chi connectivity index (χ2n) is 3.46. The average Bonchev–Trinajstić information content (AvgIpc) is 2.90. The highest BCUT2D eigenvalue weighted by molar-refractivity contribution is 5.02. The van der Waals surface area contributed by atoms with Gasteiger partial charge in [0.05, 0.1) is 12.2 Å². The second kappa shape index (κ2) is 4.75. The molecule has 0 radical (unpaired) electrons. The van der Waals surface area contributed by atoms with Crippen LogP contribution in [0.15, 0.2) is 30.7 Å². The maximum atomic E-state index is 4.13. The first-order valence-electron chi connectivity index (χ1n) is 5.06. The molecule has 0 saturated carbocycles. The topological polar surface area (TPSA) is 58.5 Å². The predicted octanol–water partition coefficient (Wildman–Crippen LogP) is 0.957. The number of nitrogens with zero attached hydrogens (tertiary/aromatic N) is 3. The standard InChI is InChI=1S/C10H15N5/c1-9(10-3-5-12-14-10)11-6-8-15-7-2-4-13-15/h2-5,7,9,11H,6,8H2,1H3,(H,12,14). The lowest BCUT2D eigenvalue weighted by atomic mass is 10.2. The van der Waals surface area contributed by atoms with E-state index < -0.39 is 0 Å². The Hall–Kier alpha value is -1.62. The lowest BCUT2D eigenvalue weighted by molar-refractivity contribution is 0.500. The van der Waals surface area contributed by atoms with E-state index in [1.54, 1.807) is 12.4 Å². The van der Waals surface area contributed by atoms with E-state index in [9.17, 15) is 0 Å². The van der Waals surface area contributed by atoms with Crippen molar-refractivity contribution >= 4 is 0 Å². The van der Waals surface area contributed by atoms with Crippen LogP contribution in [0.25, 0.3) is 0 Å². The van der Waals surface area contributed by atoms with E-state index in [2.05, 4.69) is 27.5 Å². The molecule has 0 amide bonds. The second-order valence-corrected chi connectivity index (χ2v) is 3.46. The Morgan fingerprint density at radius 2 is 2.47 bits per heavy atom. The number of aromatic amines is 1. The minimum Gasteiger partial charge on any atom is -0.307 e. The molecule has 2 heterocycles. The van der Waals surface area contributed by atoms with Crippen LogP contribution in [0.1, 0.15) is 18.7 Å². The van der Waals surface area contributed by atoms with Crippen LogP contribution in [-0.4, -0.2) is 26.5 Å². The molecular weight excluding hydrogens is 190 g/mol. The fourth-order valence-electron chi connectivity index (χ4n) is 1.45. The molecule has 5 nitrogen and oxygen atoms in total. The van der Waals surface area contributed by atoms with Gasteiger partial charge in [-0.05, 0) is 19.1 Å². The maximum absolute atomic E-state index is 4.13. The molecule has 0 aliphatic carbocycles. The van der Waals surface area contributed by atoms with E-state index in [1.807, 2.05) is 23.0 Å². The summed E-state index contributed by atoms with van der Waals surface area (Å²) in [6.07, 6.45) is 5.52. The van der Waals surface area contributed by atoms with Crippen LogP contribution >= 0.6 is 0 Å². The fourth-order valence-corrected chi connectivity index (χ4v) is 1.45. The van der Waals surface area contributed by atoms with Crippen molar-refractivity contribution in [3.05, 3.63) is 36.4 Å². The Morgan fingerprint density at radius 3 is 3.13 bits per heavy atom. The number of nitrogens with one attached hydrogen (secondary N) is 2. The van der Waals surface area contributed by atoms with Gasteiger partial charge in [-0.2, -0.15) is 10.2 Å². The Balaban J connectivity index is 1.74. The molecule has 2 N–H and O–H groups in total. The van der Waals surface area contributed by atoms with Gasteiger partial charge in [0, 0.05) is 31.2 Å². The molecule has 2 aromatic rings. The van der Waals surface area contributed by atoms with Gasteiger partial charge in [0.25, 0.3) is 0 Å².